The first-order chi connectivity index (χ1) is 8.65. The number of aromatic nitrogens is 3. The molecule has 0 aliphatic heterocycles. The highest BCUT2D eigenvalue weighted by atomic mass is 15.0. The minimum Gasteiger partial charge on any atom is -0.369 e. The lowest BCUT2D eigenvalue weighted by Crippen LogP contribution is -1.91. The van der Waals surface area contributed by atoms with Gasteiger partial charge < -0.3 is 10.7 Å². The number of nitrogen functional groups attached to an aromatic ring is 1. The largest absolute Gasteiger partial charge is 0.369 e. The topological polar surface area (TPSA) is 67.6 Å². The minimum absolute atomic E-state index is 0.435. The third kappa shape index (κ3) is 1.62. The van der Waals surface area contributed by atoms with Crippen molar-refractivity contribution in [3.63, 3.8) is 0 Å². The Morgan fingerprint density at radius 1 is 1.17 bits per heavy atom. The Bertz CT molecular complexity index is 728. The van der Waals surface area contributed by atoms with Crippen molar-refractivity contribution in [2.45, 2.75) is 13.8 Å². The van der Waals surface area contributed by atoms with E-state index in [9.17, 15) is 0 Å². The molecule has 4 heteroatoms. The molecule has 0 radical (unpaired) electrons. The molecule has 0 atom stereocenters. The number of nitrogens with zero attached hydrogens (tertiary/aromatic N) is 2. The van der Waals surface area contributed by atoms with Crippen molar-refractivity contribution in [1.29, 1.82) is 0 Å². The van der Waals surface area contributed by atoms with Crippen LogP contribution in [-0.4, -0.2) is 15.0 Å². The molecule has 0 aliphatic rings. The summed E-state index contributed by atoms with van der Waals surface area (Å²) in [6.45, 7) is 4.03. The Hall–Kier alpha value is -2.36. The zero-order valence-electron chi connectivity index (χ0n) is 10.4. The van der Waals surface area contributed by atoms with Gasteiger partial charge in [-0.2, -0.15) is 0 Å². The van der Waals surface area contributed by atoms with Crippen molar-refractivity contribution in [1.82, 2.24) is 15.0 Å². The smallest absolute Gasteiger partial charge is 0.197 e. The van der Waals surface area contributed by atoms with Crippen molar-refractivity contribution < 1.29 is 0 Å². The van der Waals surface area contributed by atoms with Crippen LogP contribution in [0.2, 0.25) is 0 Å². The Morgan fingerprint density at radius 2 is 2.00 bits per heavy atom. The minimum atomic E-state index is 0.435. The molecule has 0 saturated carbocycles. The number of pyridine rings is 1. The van der Waals surface area contributed by atoms with Crippen molar-refractivity contribution >= 4 is 16.7 Å². The summed E-state index contributed by atoms with van der Waals surface area (Å²) in [6.07, 6.45) is 1.76. The third-order valence-electron chi connectivity index (χ3n) is 3.08. The maximum atomic E-state index is 5.64. The van der Waals surface area contributed by atoms with E-state index in [1.54, 1.807) is 6.20 Å². The van der Waals surface area contributed by atoms with E-state index in [2.05, 4.69) is 33.2 Å². The molecule has 4 nitrogen and oxygen atoms in total. The number of fused-ring (bicyclic) bond motifs is 1. The Labute approximate surface area is 105 Å². The summed E-state index contributed by atoms with van der Waals surface area (Å²) in [4.78, 5) is 11.6. The van der Waals surface area contributed by atoms with E-state index < -0.39 is 0 Å². The maximum Gasteiger partial charge on any atom is 0.197 e. The summed E-state index contributed by atoms with van der Waals surface area (Å²) in [5.41, 5.74) is 9.73. The van der Waals surface area contributed by atoms with Crippen molar-refractivity contribution in [3.05, 3.63) is 41.9 Å². The summed E-state index contributed by atoms with van der Waals surface area (Å²) >= 11 is 0. The van der Waals surface area contributed by atoms with Crippen LogP contribution in [0.4, 0.5) is 5.95 Å². The number of benzene rings is 1. The van der Waals surface area contributed by atoms with E-state index >= 15 is 0 Å². The predicted octanol–water partition coefficient (Wildman–Crippen LogP) is 2.82. The number of imidazole rings is 1. The number of hydrogen-bond donors (Lipinski definition) is 2. The zero-order valence-corrected chi connectivity index (χ0v) is 10.4. The van der Waals surface area contributed by atoms with Gasteiger partial charge in [-0.25, -0.2) is 4.98 Å². The van der Waals surface area contributed by atoms with E-state index in [1.165, 1.54) is 5.39 Å². The van der Waals surface area contributed by atoms with Gasteiger partial charge >= 0.3 is 0 Å². The molecule has 0 unspecified atom stereocenters. The first-order valence-corrected chi connectivity index (χ1v) is 5.83. The van der Waals surface area contributed by atoms with Crippen molar-refractivity contribution in [2.24, 2.45) is 0 Å². The summed E-state index contributed by atoms with van der Waals surface area (Å²) in [5, 5.41) is 2.33. The molecule has 3 rings (SSSR count). The molecule has 3 aromatic rings. The molecule has 0 amide bonds. The van der Waals surface area contributed by atoms with Gasteiger partial charge in [-0.15, -0.1) is 0 Å². The number of rotatable bonds is 1. The molecule has 0 fully saturated rings. The fourth-order valence-electron chi connectivity index (χ4n) is 2.31. The van der Waals surface area contributed by atoms with E-state index in [0.717, 1.165) is 28.0 Å². The molecule has 0 spiro atoms. The summed E-state index contributed by atoms with van der Waals surface area (Å²) in [5.74, 6) is 0.435. The second-order valence-corrected chi connectivity index (χ2v) is 4.43. The molecule has 1 aromatic carbocycles. The van der Waals surface area contributed by atoms with Crippen LogP contribution in [0.1, 0.15) is 11.4 Å². The van der Waals surface area contributed by atoms with Gasteiger partial charge in [0.2, 0.25) is 0 Å². The molecule has 0 bridgehead atoms. The summed E-state index contributed by atoms with van der Waals surface area (Å²) in [6, 6.07) is 8.27. The molecular weight excluding hydrogens is 224 g/mol. The average molecular weight is 238 g/mol. The van der Waals surface area contributed by atoms with Crippen LogP contribution in [0.25, 0.3) is 22.0 Å². The van der Waals surface area contributed by atoms with Crippen LogP contribution in [-0.2, 0) is 0 Å². The predicted molar refractivity (Wildman–Crippen MR) is 73.2 cm³/mol. The molecule has 0 saturated heterocycles. The van der Waals surface area contributed by atoms with Gasteiger partial charge in [0, 0.05) is 22.3 Å². The Kier molecular flexibility index (Phi) is 2.30. The van der Waals surface area contributed by atoms with Gasteiger partial charge in [0.15, 0.2) is 5.95 Å². The first kappa shape index (κ1) is 10.8. The van der Waals surface area contributed by atoms with E-state index in [-0.39, 0.29) is 0 Å². The number of hydrogen-bond acceptors (Lipinski definition) is 3. The van der Waals surface area contributed by atoms with Crippen LogP contribution in [0.3, 0.4) is 0 Å². The van der Waals surface area contributed by atoms with Gasteiger partial charge in [-0.3, -0.25) is 4.98 Å². The summed E-state index contributed by atoms with van der Waals surface area (Å²) < 4.78 is 0. The second-order valence-electron chi connectivity index (χ2n) is 4.43. The number of nitrogens with two attached hydrogens (primary N) is 1. The number of nitrogens with one attached hydrogen (secondary N) is 1. The van der Waals surface area contributed by atoms with Crippen LogP contribution >= 0.6 is 0 Å². The maximum absolute atomic E-state index is 5.64. The molecule has 2 aromatic heterocycles. The Morgan fingerprint density at radius 3 is 2.72 bits per heavy atom. The highest BCUT2D eigenvalue weighted by Gasteiger charge is 2.08. The third-order valence-corrected chi connectivity index (χ3v) is 3.08. The van der Waals surface area contributed by atoms with Crippen LogP contribution < -0.4 is 5.73 Å². The van der Waals surface area contributed by atoms with Crippen LogP contribution in [0, 0.1) is 13.8 Å². The lowest BCUT2D eigenvalue weighted by molar-refractivity contribution is 1.15. The SMILES string of the molecule is Cc1cc2c(-c3cnc(N)[nH]3)cccc2c(C)n1. The number of aryl methyl sites for hydroxylation is 2. The number of H-pyrrole nitrogens is 1. The molecule has 3 N–H and O–H groups in total. The standard InChI is InChI=1S/C14H14N4/c1-8-6-12-10(9(2)17-8)4-3-5-11(12)13-7-16-14(15)18-13/h3-7H,1-2H3,(H3,15,16,18). The lowest BCUT2D eigenvalue weighted by Gasteiger charge is -2.07. The quantitative estimate of drug-likeness (QED) is 0.685. The average Bonchev–Trinajstić information content (AvgIpc) is 2.75. The van der Waals surface area contributed by atoms with Crippen LogP contribution in [0.15, 0.2) is 30.5 Å². The van der Waals surface area contributed by atoms with Gasteiger partial charge in [-0.05, 0) is 25.3 Å². The van der Waals surface area contributed by atoms with E-state index in [0.29, 0.717) is 5.95 Å². The normalized spacial score (nSPS) is 11.0. The molecule has 2 heterocycles. The van der Waals surface area contributed by atoms with Crippen molar-refractivity contribution in [3.8, 4) is 11.3 Å². The molecule has 18 heavy (non-hydrogen) atoms. The monoisotopic (exact) mass is 238 g/mol. The van der Waals surface area contributed by atoms with Gasteiger partial charge in [0.05, 0.1) is 11.9 Å². The summed E-state index contributed by atoms with van der Waals surface area (Å²) in [7, 11) is 0. The highest BCUT2D eigenvalue weighted by Crippen LogP contribution is 2.29. The van der Waals surface area contributed by atoms with E-state index in [4.69, 9.17) is 5.73 Å². The molecular formula is C14H14N4. The van der Waals surface area contributed by atoms with Crippen molar-refractivity contribution in [2.75, 3.05) is 5.73 Å². The molecule has 0 aliphatic carbocycles. The fraction of sp³-hybridized carbons (Fsp3) is 0.143. The second kappa shape index (κ2) is 3.84. The highest BCUT2D eigenvalue weighted by molar-refractivity contribution is 5.97. The van der Waals surface area contributed by atoms with Gasteiger partial charge in [-0.1, -0.05) is 18.2 Å². The Balaban J connectivity index is 2.36. The van der Waals surface area contributed by atoms with Crippen LogP contribution in [0.5, 0.6) is 0 Å². The number of aromatic amines is 1. The fourth-order valence-corrected chi connectivity index (χ4v) is 2.31. The number of anilines is 1. The van der Waals surface area contributed by atoms with Gasteiger partial charge in [0.25, 0.3) is 0 Å². The zero-order chi connectivity index (χ0) is 12.7. The lowest BCUT2D eigenvalue weighted by atomic mass is 10.0. The molecule has 90 valence electrons. The first-order valence-electron chi connectivity index (χ1n) is 5.83. The van der Waals surface area contributed by atoms with E-state index in [1.807, 2.05) is 19.9 Å². The van der Waals surface area contributed by atoms with Gasteiger partial charge in [0.1, 0.15) is 0 Å².